The first kappa shape index (κ1) is 13.6. The van der Waals surface area contributed by atoms with Gasteiger partial charge in [0.05, 0.1) is 12.7 Å². The number of hydrogen-bond acceptors (Lipinski definition) is 2. The lowest BCUT2D eigenvalue weighted by molar-refractivity contribution is 0.383. The van der Waals surface area contributed by atoms with Crippen LogP contribution < -0.4 is 10.1 Å². The van der Waals surface area contributed by atoms with Gasteiger partial charge < -0.3 is 10.1 Å². The van der Waals surface area contributed by atoms with Crippen molar-refractivity contribution in [2.45, 2.75) is 19.4 Å². The molecule has 0 spiro atoms. The lowest BCUT2D eigenvalue weighted by Gasteiger charge is -2.13. The van der Waals surface area contributed by atoms with Crippen LogP contribution in [0, 0.1) is 5.82 Å². The standard InChI is InChI=1S/C13H17F2NO/c1-8(16-3)5-10-6-11(9(2)14)13(17-4)12(15)7-10/h6-8,16H,2,5H2,1,3-4H3. The molecule has 0 aliphatic heterocycles. The van der Waals surface area contributed by atoms with Crippen molar-refractivity contribution in [2.24, 2.45) is 0 Å². The smallest absolute Gasteiger partial charge is 0.166 e. The van der Waals surface area contributed by atoms with Crippen molar-refractivity contribution in [2.75, 3.05) is 14.2 Å². The van der Waals surface area contributed by atoms with Gasteiger partial charge in [-0.15, -0.1) is 0 Å². The van der Waals surface area contributed by atoms with Crippen LogP contribution in [0.25, 0.3) is 5.83 Å². The number of hydrogen-bond donors (Lipinski definition) is 1. The Morgan fingerprint density at radius 3 is 2.65 bits per heavy atom. The van der Waals surface area contributed by atoms with Gasteiger partial charge in [-0.3, -0.25) is 0 Å². The number of methoxy groups -OCH3 is 1. The number of rotatable bonds is 5. The maximum Gasteiger partial charge on any atom is 0.166 e. The molecule has 0 saturated heterocycles. The van der Waals surface area contributed by atoms with Crippen LogP contribution in [0.1, 0.15) is 18.1 Å². The molecule has 0 radical (unpaired) electrons. The van der Waals surface area contributed by atoms with Crippen LogP contribution in [-0.4, -0.2) is 20.2 Å². The molecule has 1 aromatic rings. The number of nitrogens with one attached hydrogen (secondary N) is 1. The molecule has 94 valence electrons. The average Bonchev–Trinajstić information content (AvgIpc) is 2.28. The summed E-state index contributed by atoms with van der Waals surface area (Å²) >= 11 is 0. The lowest BCUT2D eigenvalue weighted by Crippen LogP contribution is -2.23. The predicted octanol–water partition coefficient (Wildman–Crippen LogP) is 2.92. The SMILES string of the molecule is C=C(F)c1cc(CC(C)NC)cc(F)c1OC. The zero-order chi connectivity index (χ0) is 13.0. The summed E-state index contributed by atoms with van der Waals surface area (Å²) in [5.74, 6) is -1.36. The monoisotopic (exact) mass is 241 g/mol. The molecule has 17 heavy (non-hydrogen) atoms. The van der Waals surface area contributed by atoms with E-state index in [0.717, 1.165) is 0 Å². The Balaban J connectivity index is 3.15. The normalized spacial score (nSPS) is 12.3. The summed E-state index contributed by atoms with van der Waals surface area (Å²) in [7, 11) is 3.13. The number of halogens is 2. The molecule has 4 heteroatoms. The molecule has 0 amide bonds. The Hall–Kier alpha value is -1.42. The van der Waals surface area contributed by atoms with Gasteiger partial charge in [-0.05, 0) is 38.1 Å². The van der Waals surface area contributed by atoms with Gasteiger partial charge in [0, 0.05) is 6.04 Å². The molecule has 0 saturated carbocycles. The Labute approximate surface area is 100 Å². The topological polar surface area (TPSA) is 21.3 Å². The minimum absolute atomic E-state index is 0.0748. The molecular formula is C13H17F2NO. The molecule has 0 aromatic heterocycles. The molecule has 1 unspecified atom stereocenters. The van der Waals surface area contributed by atoms with Crippen molar-refractivity contribution in [3.63, 3.8) is 0 Å². The van der Waals surface area contributed by atoms with Gasteiger partial charge >= 0.3 is 0 Å². The second-order valence-corrected chi connectivity index (χ2v) is 3.96. The van der Waals surface area contributed by atoms with Gasteiger partial charge in [0.25, 0.3) is 0 Å². The van der Waals surface area contributed by atoms with Crippen LogP contribution in [0.4, 0.5) is 8.78 Å². The van der Waals surface area contributed by atoms with E-state index in [1.165, 1.54) is 13.2 Å². The summed E-state index contributed by atoms with van der Waals surface area (Å²) in [5.41, 5.74) is 0.782. The second kappa shape index (κ2) is 5.77. The first-order valence-corrected chi connectivity index (χ1v) is 5.38. The molecule has 0 bridgehead atoms. The molecule has 1 aromatic carbocycles. The summed E-state index contributed by atoms with van der Waals surface area (Å²) in [5, 5.41) is 3.04. The summed E-state index contributed by atoms with van der Waals surface area (Å²) < 4.78 is 31.7. The summed E-state index contributed by atoms with van der Waals surface area (Å²) in [4.78, 5) is 0. The van der Waals surface area contributed by atoms with Gasteiger partial charge in [0.2, 0.25) is 0 Å². The van der Waals surface area contributed by atoms with Crippen LogP contribution >= 0.6 is 0 Å². The average molecular weight is 241 g/mol. The van der Waals surface area contributed by atoms with Crippen LogP contribution in [0.2, 0.25) is 0 Å². The third-order valence-corrected chi connectivity index (χ3v) is 2.63. The summed E-state index contributed by atoms with van der Waals surface area (Å²) in [6, 6.07) is 3.11. The van der Waals surface area contributed by atoms with E-state index in [1.54, 1.807) is 6.07 Å². The van der Waals surface area contributed by atoms with Crippen LogP contribution in [0.5, 0.6) is 5.75 Å². The van der Waals surface area contributed by atoms with E-state index in [2.05, 4.69) is 11.9 Å². The Kier molecular flexibility index (Phi) is 4.63. The molecule has 0 heterocycles. The van der Waals surface area contributed by atoms with E-state index in [1.807, 2.05) is 14.0 Å². The van der Waals surface area contributed by atoms with Gasteiger partial charge in [0.1, 0.15) is 5.83 Å². The highest BCUT2D eigenvalue weighted by molar-refractivity contribution is 5.64. The highest BCUT2D eigenvalue weighted by Crippen LogP contribution is 2.30. The van der Waals surface area contributed by atoms with Crippen molar-refractivity contribution >= 4 is 5.83 Å². The molecule has 0 aliphatic carbocycles. The van der Waals surface area contributed by atoms with Crippen molar-refractivity contribution in [3.05, 3.63) is 35.7 Å². The van der Waals surface area contributed by atoms with Gasteiger partial charge in [-0.1, -0.05) is 6.58 Å². The maximum atomic E-state index is 13.7. The quantitative estimate of drug-likeness (QED) is 0.855. The van der Waals surface area contributed by atoms with Gasteiger partial charge in [-0.2, -0.15) is 0 Å². The van der Waals surface area contributed by atoms with Crippen molar-refractivity contribution < 1.29 is 13.5 Å². The summed E-state index contributed by atoms with van der Waals surface area (Å²) in [6.45, 7) is 5.15. The lowest BCUT2D eigenvalue weighted by atomic mass is 10.0. The third-order valence-electron chi connectivity index (χ3n) is 2.63. The van der Waals surface area contributed by atoms with Crippen molar-refractivity contribution in [1.29, 1.82) is 0 Å². The fourth-order valence-corrected chi connectivity index (χ4v) is 1.63. The highest BCUT2D eigenvalue weighted by atomic mass is 19.1. The van der Waals surface area contributed by atoms with Crippen molar-refractivity contribution in [3.8, 4) is 5.75 Å². The van der Waals surface area contributed by atoms with Crippen molar-refractivity contribution in [1.82, 2.24) is 5.32 Å². The first-order valence-electron chi connectivity index (χ1n) is 5.38. The van der Waals surface area contributed by atoms with E-state index in [9.17, 15) is 8.78 Å². The van der Waals surface area contributed by atoms with E-state index < -0.39 is 11.6 Å². The molecular weight excluding hydrogens is 224 g/mol. The summed E-state index contributed by atoms with van der Waals surface area (Å²) in [6.07, 6.45) is 0.609. The Morgan fingerprint density at radius 1 is 1.53 bits per heavy atom. The molecule has 0 fully saturated rings. The fraction of sp³-hybridized carbons (Fsp3) is 0.385. The van der Waals surface area contributed by atoms with E-state index >= 15 is 0 Å². The number of benzene rings is 1. The second-order valence-electron chi connectivity index (χ2n) is 3.96. The largest absolute Gasteiger partial charge is 0.493 e. The molecule has 1 rings (SSSR count). The Morgan fingerprint density at radius 2 is 2.18 bits per heavy atom. The third kappa shape index (κ3) is 3.27. The molecule has 1 N–H and O–H groups in total. The zero-order valence-electron chi connectivity index (χ0n) is 10.3. The van der Waals surface area contributed by atoms with E-state index in [0.29, 0.717) is 12.0 Å². The molecule has 1 atom stereocenters. The molecule has 2 nitrogen and oxygen atoms in total. The van der Waals surface area contributed by atoms with E-state index in [-0.39, 0.29) is 17.4 Å². The van der Waals surface area contributed by atoms with Gasteiger partial charge in [-0.25, -0.2) is 8.78 Å². The highest BCUT2D eigenvalue weighted by Gasteiger charge is 2.15. The van der Waals surface area contributed by atoms with Gasteiger partial charge in [0.15, 0.2) is 11.6 Å². The number of ether oxygens (including phenoxy) is 1. The van der Waals surface area contributed by atoms with E-state index in [4.69, 9.17) is 4.74 Å². The van der Waals surface area contributed by atoms with Crippen LogP contribution in [0.3, 0.4) is 0 Å². The maximum absolute atomic E-state index is 13.7. The number of likely N-dealkylation sites (N-methyl/N-ethyl adjacent to an activating group) is 1. The Bertz CT molecular complexity index is 418. The molecule has 0 aliphatic rings. The fourth-order valence-electron chi connectivity index (χ4n) is 1.63. The first-order chi connectivity index (χ1) is 7.99. The minimum Gasteiger partial charge on any atom is -0.493 e. The predicted molar refractivity (Wildman–Crippen MR) is 65.3 cm³/mol. The zero-order valence-corrected chi connectivity index (χ0v) is 10.3. The van der Waals surface area contributed by atoms with Crippen LogP contribution in [0.15, 0.2) is 18.7 Å². The minimum atomic E-state index is -0.695. The van der Waals surface area contributed by atoms with Crippen LogP contribution in [-0.2, 0) is 6.42 Å².